The van der Waals surface area contributed by atoms with Crippen molar-refractivity contribution in [1.29, 1.82) is 0 Å². The van der Waals surface area contributed by atoms with Crippen molar-refractivity contribution in [2.24, 2.45) is 15.0 Å². The van der Waals surface area contributed by atoms with Crippen LogP contribution in [0, 0.1) is 0 Å². The number of halogens is 6. The van der Waals surface area contributed by atoms with Gasteiger partial charge in [-0.1, -0.05) is 101 Å². The maximum atomic E-state index is 14.5. The molecular formula is C24H12Br3Cl3N3O4P. The molecule has 194 valence electrons. The van der Waals surface area contributed by atoms with Crippen LogP contribution in [-0.4, -0.2) is 30.0 Å². The number of aliphatic imine (C=N–C) groups is 3. The fourth-order valence-corrected chi connectivity index (χ4v) is 7.88. The van der Waals surface area contributed by atoms with Crippen molar-refractivity contribution in [1.82, 2.24) is 0 Å². The van der Waals surface area contributed by atoms with Crippen LogP contribution in [0.3, 0.4) is 0 Å². The zero-order valence-electron chi connectivity index (χ0n) is 18.6. The van der Waals surface area contributed by atoms with Crippen LogP contribution >= 0.6 is 90.4 Å². The van der Waals surface area contributed by atoms with Gasteiger partial charge >= 0.3 is 7.82 Å². The van der Waals surface area contributed by atoms with Gasteiger partial charge in [-0.25, -0.2) is 0 Å². The Morgan fingerprint density at radius 3 is 1.18 bits per heavy atom. The normalized spacial score (nSPS) is 33.7. The lowest BCUT2D eigenvalue weighted by atomic mass is 10.0. The second kappa shape index (κ2) is 9.33. The van der Waals surface area contributed by atoms with Gasteiger partial charge in [0.05, 0.1) is 52.5 Å². The van der Waals surface area contributed by atoms with E-state index < -0.39 is 19.2 Å². The number of rotatable bonds is 6. The van der Waals surface area contributed by atoms with E-state index >= 15 is 0 Å². The predicted octanol–water partition coefficient (Wildman–Crippen LogP) is 8.51. The van der Waals surface area contributed by atoms with Gasteiger partial charge in [0, 0.05) is 0 Å². The van der Waals surface area contributed by atoms with E-state index in [2.05, 4.69) is 62.8 Å². The molecule has 0 N–H and O–H groups in total. The van der Waals surface area contributed by atoms with Crippen molar-refractivity contribution in [2.75, 3.05) is 0 Å². The molecular weight excluding hydrogens is 771 g/mol. The smallest absolute Gasteiger partial charge is 0.384 e. The lowest BCUT2D eigenvalue weighted by Gasteiger charge is -2.27. The highest BCUT2D eigenvalue weighted by Gasteiger charge is 2.47. The largest absolute Gasteiger partial charge is 0.647 e. The van der Waals surface area contributed by atoms with E-state index in [0.29, 0.717) is 33.8 Å². The van der Waals surface area contributed by atoms with E-state index in [1.54, 1.807) is 54.7 Å². The second-order valence-electron chi connectivity index (χ2n) is 8.32. The van der Waals surface area contributed by atoms with Crippen molar-refractivity contribution in [3.05, 3.63) is 106 Å². The molecule has 14 heteroatoms. The Hall–Kier alpha value is -1.39. The highest BCUT2D eigenvalue weighted by Crippen LogP contribution is 2.60. The summed E-state index contributed by atoms with van der Waals surface area (Å²) < 4.78 is 29.0. The summed E-state index contributed by atoms with van der Waals surface area (Å²) in [6, 6.07) is 0. The molecule has 38 heavy (non-hydrogen) atoms. The van der Waals surface area contributed by atoms with Gasteiger partial charge in [-0.05, 0) is 36.5 Å². The molecule has 3 atom stereocenters. The van der Waals surface area contributed by atoms with Crippen LogP contribution in [-0.2, 0) is 18.1 Å². The summed E-state index contributed by atoms with van der Waals surface area (Å²) in [6.07, 6.45) is 19.7. The summed E-state index contributed by atoms with van der Waals surface area (Å²) in [7, 11) is -4.57. The standard InChI is InChI=1S/C24H12Br3Cl3N3O4P/c25-22(28)7-1-4-13-19(22)16(10-31-13)35-38(34,36-17-11-32-14-5-2-8-23(26,29)20(14)17)37-18-12-33-15-6-3-9-24(27,30)21(15)18/h1-12H. The third-order valence-corrected chi connectivity index (χ3v) is 9.97. The van der Waals surface area contributed by atoms with Gasteiger partial charge < -0.3 is 13.6 Å². The molecule has 0 saturated carbocycles. The molecule has 3 unspecified atom stereocenters. The molecule has 0 spiro atoms. The van der Waals surface area contributed by atoms with Crippen LogP contribution in [0.25, 0.3) is 0 Å². The van der Waals surface area contributed by atoms with Gasteiger partial charge in [0.1, 0.15) is 11.4 Å². The van der Waals surface area contributed by atoms with Crippen molar-refractivity contribution in [3.8, 4) is 0 Å². The predicted molar refractivity (Wildman–Crippen MR) is 162 cm³/mol. The molecule has 0 bridgehead atoms. The summed E-state index contributed by atoms with van der Waals surface area (Å²) in [5, 5.41) is 0. The molecule has 0 fully saturated rings. The van der Waals surface area contributed by atoms with E-state index in [-0.39, 0.29) is 17.3 Å². The molecule has 3 aliphatic carbocycles. The lowest BCUT2D eigenvalue weighted by molar-refractivity contribution is 0.211. The van der Waals surface area contributed by atoms with E-state index in [4.69, 9.17) is 48.4 Å². The monoisotopic (exact) mass is 779 g/mol. The summed E-state index contributed by atoms with van der Waals surface area (Å²) >= 11 is 30.3. The first-order chi connectivity index (χ1) is 17.9. The minimum Gasteiger partial charge on any atom is -0.384 e. The Morgan fingerprint density at radius 1 is 0.605 bits per heavy atom. The molecule has 0 radical (unpaired) electrons. The molecule has 0 aromatic heterocycles. The molecule has 0 aromatic rings. The maximum absolute atomic E-state index is 14.5. The van der Waals surface area contributed by atoms with Gasteiger partial charge in [-0.3, -0.25) is 15.0 Å². The van der Waals surface area contributed by atoms with Crippen LogP contribution in [0.1, 0.15) is 0 Å². The lowest BCUT2D eigenvalue weighted by Crippen LogP contribution is -2.19. The van der Waals surface area contributed by atoms with Crippen LogP contribution in [0.15, 0.2) is 121 Å². The quantitative estimate of drug-likeness (QED) is 0.200. The van der Waals surface area contributed by atoms with E-state index in [1.165, 1.54) is 18.6 Å². The third kappa shape index (κ3) is 4.66. The highest BCUT2D eigenvalue weighted by atomic mass is 79.9. The average Bonchev–Trinajstić information content (AvgIpc) is 3.52. The maximum Gasteiger partial charge on any atom is 0.647 e. The van der Waals surface area contributed by atoms with Crippen molar-refractivity contribution < 1.29 is 18.1 Å². The number of nitrogens with zero attached hydrogens (tertiary/aromatic N) is 3. The highest BCUT2D eigenvalue weighted by molar-refractivity contribution is 9.11. The van der Waals surface area contributed by atoms with Crippen LogP contribution in [0.5, 0.6) is 0 Å². The summed E-state index contributed by atoms with van der Waals surface area (Å²) in [5.41, 5.74) is 2.89. The molecule has 3 aliphatic heterocycles. The van der Waals surface area contributed by atoms with Crippen LogP contribution < -0.4 is 0 Å². The second-order valence-corrected chi connectivity index (χ2v) is 16.7. The average molecular weight is 783 g/mol. The number of fused-ring (bicyclic) bond motifs is 3. The molecule has 0 amide bonds. The summed E-state index contributed by atoms with van der Waals surface area (Å²) in [4.78, 5) is 13.0. The number of allylic oxidation sites excluding steroid dienone is 15. The molecule has 6 aliphatic rings. The number of alkyl halides is 6. The van der Waals surface area contributed by atoms with E-state index in [9.17, 15) is 4.57 Å². The van der Waals surface area contributed by atoms with Crippen LogP contribution in [0.2, 0.25) is 0 Å². The van der Waals surface area contributed by atoms with Gasteiger partial charge in [0.15, 0.2) is 17.3 Å². The Morgan fingerprint density at radius 2 is 0.895 bits per heavy atom. The topological polar surface area (TPSA) is 81.8 Å². The van der Waals surface area contributed by atoms with Crippen molar-refractivity contribution >= 4 is 109 Å². The first-order valence-corrected chi connectivity index (χ1v) is 15.7. The van der Waals surface area contributed by atoms with Gasteiger partial charge in [0.25, 0.3) is 0 Å². The number of hydrogen-bond donors (Lipinski definition) is 0. The Kier molecular flexibility index (Phi) is 6.58. The number of hydrogen-bond acceptors (Lipinski definition) is 7. The minimum absolute atomic E-state index is 0.0856. The number of phosphoric ester groups is 1. The Balaban J connectivity index is 1.45. The Bertz CT molecular complexity index is 1420. The van der Waals surface area contributed by atoms with Crippen molar-refractivity contribution in [2.45, 2.75) is 11.4 Å². The summed E-state index contributed by atoms with van der Waals surface area (Å²) in [6.45, 7) is 0. The van der Waals surface area contributed by atoms with E-state index in [0.717, 1.165) is 0 Å². The molecule has 0 aromatic carbocycles. The SMILES string of the molecule is O=P(OC1=C2C(=CC=CC2(Cl)Br)N=C1)(OC1=C2C(=CC=CC2(Cl)Br)N=C1)OC1=C2C(=CC=CC2(Cl)Br)N=C1. The minimum atomic E-state index is -4.57. The van der Waals surface area contributed by atoms with Gasteiger partial charge in [-0.15, -0.1) is 0 Å². The Labute approximate surface area is 257 Å². The summed E-state index contributed by atoms with van der Waals surface area (Å²) in [5.74, 6) is 0.257. The first-order valence-electron chi connectivity index (χ1n) is 10.8. The molecule has 7 nitrogen and oxygen atoms in total. The zero-order chi connectivity index (χ0) is 26.9. The van der Waals surface area contributed by atoms with Crippen molar-refractivity contribution in [3.63, 3.8) is 0 Å². The van der Waals surface area contributed by atoms with E-state index in [1.807, 2.05) is 0 Å². The molecule has 3 heterocycles. The third-order valence-electron chi connectivity index (χ3n) is 5.78. The zero-order valence-corrected chi connectivity index (χ0v) is 26.5. The fraction of sp³-hybridized carbons (Fsp3) is 0.125. The number of phosphoric acid groups is 1. The van der Waals surface area contributed by atoms with Crippen LogP contribution in [0.4, 0.5) is 0 Å². The van der Waals surface area contributed by atoms with Gasteiger partial charge in [0.2, 0.25) is 0 Å². The fourth-order valence-electron chi connectivity index (χ4n) is 4.19. The first kappa shape index (κ1) is 26.8. The molecule has 6 rings (SSSR count). The van der Waals surface area contributed by atoms with Gasteiger partial charge in [-0.2, -0.15) is 4.57 Å². The molecule has 0 saturated heterocycles.